The third-order valence-corrected chi connectivity index (χ3v) is 2.09. The van der Waals surface area contributed by atoms with E-state index in [1.165, 1.54) is 4.90 Å². The maximum atomic E-state index is 11.8. The van der Waals surface area contributed by atoms with E-state index in [1.54, 1.807) is 37.3 Å². The average molecular weight is 237 g/mol. The van der Waals surface area contributed by atoms with E-state index in [2.05, 4.69) is 0 Å². The molecule has 5 heteroatoms. The molecule has 1 N–H and O–H groups in total. The van der Waals surface area contributed by atoms with Gasteiger partial charge in [0, 0.05) is 12.3 Å². The quantitative estimate of drug-likeness (QED) is 0.805. The third-order valence-electron chi connectivity index (χ3n) is 2.09. The Bertz CT molecular complexity index is 377. The molecule has 0 atom stereocenters. The number of carbonyl (C=O) groups excluding carboxylic acids is 1. The first-order valence-corrected chi connectivity index (χ1v) is 5.30. The van der Waals surface area contributed by atoms with Crippen molar-refractivity contribution in [2.75, 3.05) is 24.7 Å². The van der Waals surface area contributed by atoms with Crippen LogP contribution in [0.25, 0.3) is 0 Å². The lowest BCUT2D eigenvalue weighted by Gasteiger charge is -2.20. The van der Waals surface area contributed by atoms with Crippen molar-refractivity contribution in [1.29, 1.82) is 0 Å². The van der Waals surface area contributed by atoms with Crippen LogP contribution in [0.5, 0.6) is 0 Å². The molecule has 0 saturated heterocycles. The van der Waals surface area contributed by atoms with Gasteiger partial charge in [0.1, 0.15) is 13.2 Å². The maximum Gasteiger partial charge on any atom is 0.323 e. The zero-order valence-electron chi connectivity index (χ0n) is 9.63. The van der Waals surface area contributed by atoms with Crippen molar-refractivity contribution < 1.29 is 19.4 Å². The van der Waals surface area contributed by atoms with Crippen molar-refractivity contribution in [2.45, 2.75) is 6.92 Å². The van der Waals surface area contributed by atoms with E-state index in [0.717, 1.165) is 0 Å². The average Bonchev–Trinajstić information content (AvgIpc) is 2.34. The van der Waals surface area contributed by atoms with Crippen molar-refractivity contribution in [3.63, 3.8) is 0 Å². The number of nitrogens with zero attached hydrogens (tertiary/aromatic N) is 1. The summed E-state index contributed by atoms with van der Waals surface area (Å²) in [6.45, 7) is 1.72. The van der Waals surface area contributed by atoms with Crippen LogP contribution in [0, 0.1) is 0 Å². The second-order valence-corrected chi connectivity index (χ2v) is 3.35. The van der Waals surface area contributed by atoms with Gasteiger partial charge in [-0.2, -0.15) is 0 Å². The lowest BCUT2D eigenvalue weighted by Crippen LogP contribution is -2.38. The molecule has 0 bridgehead atoms. The van der Waals surface area contributed by atoms with Crippen LogP contribution in [-0.4, -0.2) is 36.7 Å². The van der Waals surface area contributed by atoms with Crippen molar-refractivity contribution in [3.8, 4) is 0 Å². The Morgan fingerprint density at radius 1 is 1.29 bits per heavy atom. The smallest absolute Gasteiger partial charge is 0.323 e. The summed E-state index contributed by atoms with van der Waals surface area (Å²) in [6.07, 6.45) is 0. The van der Waals surface area contributed by atoms with Gasteiger partial charge in [0.2, 0.25) is 0 Å². The Morgan fingerprint density at radius 2 is 1.94 bits per heavy atom. The first kappa shape index (κ1) is 13.2. The van der Waals surface area contributed by atoms with Crippen molar-refractivity contribution in [1.82, 2.24) is 0 Å². The number of para-hydroxylation sites is 1. The Balaban J connectivity index is 2.80. The number of aliphatic carboxylic acids is 1. The summed E-state index contributed by atoms with van der Waals surface area (Å²) in [7, 11) is 0. The van der Waals surface area contributed by atoms with Gasteiger partial charge in [0.25, 0.3) is 5.91 Å². The van der Waals surface area contributed by atoms with Crippen LogP contribution in [-0.2, 0) is 14.3 Å². The molecule has 0 saturated carbocycles. The minimum atomic E-state index is -1.06. The highest BCUT2D eigenvalue weighted by atomic mass is 16.5. The van der Waals surface area contributed by atoms with E-state index in [-0.39, 0.29) is 19.1 Å². The van der Waals surface area contributed by atoms with Crippen LogP contribution in [0.1, 0.15) is 6.92 Å². The number of benzene rings is 1. The summed E-state index contributed by atoms with van der Waals surface area (Å²) in [6, 6.07) is 8.67. The molecule has 0 aliphatic carbocycles. The standard InChI is InChI=1S/C12H15NO4/c1-2-17-9-11(14)13(8-12(15)16)10-6-4-3-5-7-10/h3-7H,2,8-9H2,1H3,(H,15,16). The van der Waals surface area contributed by atoms with Gasteiger partial charge in [-0.25, -0.2) is 0 Å². The van der Waals surface area contributed by atoms with Gasteiger partial charge in [0.05, 0.1) is 0 Å². The molecule has 92 valence electrons. The van der Waals surface area contributed by atoms with E-state index in [9.17, 15) is 9.59 Å². The number of hydrogen-bond donors (Lipinski definition) is 1. The predicted molar refractivity (Wildman–Crippen MR) is 62.9 cm³/mol. The predicted octanol–water partition coefficient (Wildman–Crippen LogP) is 1.14. The minimum absolute atomic E-state index is 0.112. The lowest BCUT2D eigenvalue weighted by atomic mass is 10.3. The largest absolute Gasteiger partial charge is 0.480 e. The summed E-state index contributed by atoms with van der Waals surface area (Å²) in [4.78, 5) is 23.7. The van der Waals surface area contributed by atoms with E-state index in [4.69, 9.17) is 9.84 Å². The fourth-order valence-corrected chi connectivity index (χ4v) is 1.33. The zero-order valence-corrected chi connectivity index (χ0v) is 9.63. The van der Waals surface area contributed by atoms with Crippen LogP contribution in [0.2, 0.25) is 0 Å². The molecule has 0 heterocycles. The van der Waals surface area contributed by atoms with Gasteiger partial charge >= 0.3 is 5.97 Å². The third kappa shape index (κ3) is 4.24. The molecule has 17 heavy (non-hydrogen) atoms. The molecule has 0 spiro atoms. The number of hydrogen-bond acceptors (Lipinski definition) is 3. The number of ether oxygens (including phenoxy) is 1. The van der Waals surface area contributed by atoms with E-state index in [1.807, 2.05) is 0 Å². The Hall–Kier alpha value is -1.88. The highest BCUT2D eigenvalue weighted by molar-refractivity contribution is 5.98. The van der Waals surface area contributed by atoms with Crippen LogP contribution >= 0.6 is 0 Å². The maximum absolute atomic E-state index is 11.8. The first-order chi connectivity index (χ1) is 8.15. The molecule has 0 aliphatic rings. The molecule has 0 unspecified atom stereocenters. The molecule has 0 fully saturated rings. The highest BCUT2D eigenvalue weighted by Gasteiger charge is 2.18. The van der Waals surface area contributed by atoms with E-state index in [0.29, 0.717) is 12.3 Å². The van der Waals surface area contributed by atoms with Crippen molar-refractivity contribution >= 4 is 17.6 Å². The summed E-state index contributed by atoms with van der Waals surface area (Å²) in [5.74, 6) is -1.42. The van der Waals surface area contributed by atoms with Crippen LogP contribution in [0.15, 0.2) is 30.3 Å². The minimum Gasteiger partial charge on any atom is -0.480 e. The molecule has 0 aliphatic heterocycles. The second kappa shape index (κ2) is 6.65. The number of rotatable bonds is 6. The molecule has 1 rings (SSSR count). The van der Waals surface area contributed by atoms with Gasteiger partial charge in [0.15, 0.2) is 0 Å². The van der Waals surface area contributed by atoms with E-state index >= 15 is 0 Å². The molecule has 1 amide bonds. The molecular weight excluding hydrogens is 222 g/mol. The Labute approximate surface area is 99.6 Å². The molecule has 1 aromatic carbocycles. The topological polar surface area (TPSA) is 66.8 Å². The number of amides is 1. The monoisotopic (exact) mass is 237 g/mol. The van der Waals surface area contributed by atoms with Crippen molar-refractivity contribution in [2.24, 2.45) is 0 Å². The SMILES string of the molecule is CCOCC(=O)N(CC(=O)O)c1ccccc1. The van der Waals surface area contributed by atoms with Crippen LogP contribution in [0.3, 0.4) is 0 Å². The van der Waals surface area contributed by atoms with Crippen LogP contribution < -0.4 is 4.90 Å². The fourth-order valence-electron chi connectivity index (χ4n) is 1.33. The van der Waals surface area contributed by atoms with Gasteiger partial charge in [-0.3, -0.25) is 14.5 Å². The number of carbonyl (C=O) groups is 2. The molecule has 0 radical (unpaired) electrons. The van der Waals surface area contributed by atoms with E-state index < -0.39 is 5.97 Å². The van der Waals surface area contributed by atoms with Gasteiger partial charge in [-0.15, -0.1) is 0 Å². The fraction of sp³-hybridized carbons (Fsp3) is 0.333. The summed E-state index contributed by atoms with van der Waals surface area (Å²) in [5.41, 5.74) is 0.555. The van der Waals surface area contributed by atoms with Crippen molar-refractivity contribution in [3.05, 3.63) is 30.3 Å². The molecular formula is C12H15NO4. The van der Waals surface area contributed by atoms with Crippen LogP contribution in [0.4, 0.5) is 5.69 Å². The summed E-state index contributed by atoms with van der Waals surface area (Å²) >= 11 is 0. The van der Waals surface area contributed by atoms with Gasteiger partial charge < -0.3 is 9.84 Å². The number of anilines is 1. The first-order valence-electron chi connectivity index (χ1n) is 5.30. The highest BCUT2D eigenvalue weighted by Crippen LogP contribution is 2.13. The number of carboxylic acids is 1. The lowest BCUT2D eigenvalue weighted by molar-refractivity contribution is -0.137. The molecule has 1 aromatic rings. The normalized spacial score (nSPS) is 9.94. The Kier molecular flexibility index (Phi) is 5.16. The molecule has 5 nitrogen and oxygen atoms in total. The molecule has 0 aromatic heterocycles. The zero-order chi connectivity index (χ0) is 12.7. The Morgan fingerprint density at radius 3 is 2.47 bits per heavy atom. The summed E-state index contributed by atoms with van der Waals surface area (Å²) < 4.78 is 5.00. The second-order valence-electron chi connectivity index (χ2n) is 3.35. The number of carboxylic acid groups (broad SMARTS) is 1. The van der Waals surface area contributed by atoms with Gasteiger partial charge in [-0.05, 0) is 19.1 Å². The summed E-state index contributed by atoms with van der Waals surface area (Å²) in [5, 5.41) is 8.78. The van der Waals surface area contributed by atoms with Gasteiger partial charge in [-0.1, -0.05) is 18.2 Å².